The molecule has 0 atom stereocenters. The monoisotopic (exact) mass is 538 g/mol. The Bertz CT molecular complexity index is 1540. The third-order valence-corrected chi connectivity index (χ3v) is 5.72. The van der Waals surface area contributed by atoms with Crippen molar-refractivity contribution in [1.29, 1.82) is 0 Å². The van der Waals surface area contributed by atoms with Crippen molar-refractivity contribution in [1.82, 2.24) is 4.98 Å². The second-order valence-corrected chi connectivity index (χ2v) is 8.43. The van der Waals surface area contributed by atoms with E-state index in [-0.39, 0.29) is 30.3 Å². The highest BCUT2D eigenvalue weighted by Crippen LogP contribution is 2.40. The lowest BCUT2D eigenvalue weighted by molar-refractivity contribution is -0.386. The number of alkyl halides is 3. The second kappa shape index (κ2) is 11.6. The summed E-state index contributed by atoms with van der Waals surface area (Å²) in [6.45, 7) is -0.0844. The summed E-state index contributed by atoms with van der Waals surface area (Å²) in [7, 11) is 0. The number of nitrogens with zero attached hydrogens (tertiary/aromatic N) is 1. The summed E-state index contributed by atoms with van der Waals surface area (Å²) < 4.78 is 52.0. The molecule has 0 aliphatic rings. The van der Waals surface area contributed by atoms with Gasteiger partial charge in [0.1, 0.15) is 13.2 Å². The van der Waals surface area contributed by atoms with Gasteiger partial charge in [0.2, 0.25) is 5.75 Å². The molecule has 0 unspecified atom stereocenters. The number of ether oxygens (including phenoxy) is 2. The SMILES string of the molecule is O=C(Cc1c(C(F)(F)F)cc[nH]c1=O)c1cc(OCc2ccccc2)c(OCc2ccccc2)c([N+](=O)[O-])c1. The minimum absolute atomic E-state index is 0.0338. The summed E-state index contributed by atoms with van der Waals surface area (Å²) in [6.07, 6.45) is -4.99. The zero-order valence-electron chi connectivity index (χ0n) is 20.2. The number of halogens is 3. The molecular formula is C28H21F3N2O6. The first-order chi connectivity index (χ1) is 18.6. The van der Waals surface area contributed by atoms with Gasteiger partial charge in [-0.1, -0.05) is 60.7 Å². The van der Waals surface area contributed by atoms with Crippen LogP contribution in [0.4, 0.5) is 18.9 Å². The number of nitrogens with one attached hydrogen (secondary N) is 1. The quantitative estimate of drug-likeness (QED) is 0.153. The highest BCUT2D eigenvalue weighted by atomic mass is 19.4. The molecule has 200 valence electrons. The lowest BCUT2D eigenvalue weighted by Gasteiger charge is -2.15. The fourth-order valence-electron chi connectivity index (χ4n) is 3.82. The number of pyridine rings is 1. The summed E-state index contributed by atoms with van der Waals surface area (Å²) in [5, 5.41) is 12.0. The molecule has 1 heterocycles. The topological polar surface area (TPSA) is 112 Å². The van der Waals surface area contributed by atoms with Crippen LogP contribution >= 0.6 is 0 Å². The van der Waals surface area contributed by atoms with Gasteiger partial charge >= 0.3 is 11.9 Å². The first-order valence-corrected chi connectivity index (χ1v) is 11.6. The summed E-state index contributed by atoms with van der Waals surface area (Å²) in [4.78, 5) is 38.6. The average Bonchev–Trinajstić information content (AvgIpc) is 2.92. The summed E-state index contributed by atoms with van der Waals surface area (Å²) in [6, 6.07) is 20.4. The highest BCUT2D eigenvalue weighted by molar-refractivity contribution is 5.99. The van der Waals surface area contributed by atoms with E-state index in [1.54, 1.807) is 60.7 Å². The van der Waals surface area contributed by atoms with E-state index in [1.165, 1.54) is 6.07 Å². The van der Waals surface area contributed by atoms with E-state index < -0.39 is 45.7 Å². The molecule has 0 bridgehead atoms. The van der Waals surface area contributed by atoms with Gasteiger partial charge in [-0.15, -0.1) is 0 Å². The number of nitro groups is 1. The molecule has 8 nitrogen and oxygen atoms in total. The fourth-order valence-corrected chi connectivity index (χ4v) is 3.82. The Labute approximate surface area is 219 Å². The number of hydrogen-bond donors (Lipinski definition) is 1. The van der Waals surface area contributed by atoms with Gasteiger partial charge in [0, 0.05) is 29.8 Å². The molecule has 4 aromatic rings. The average molecular weight is 538 g/mol. The largest absolute Gasteiger partial charge is 0.485 e. The molecule has 1 aromatic heterocycles. The van der Waals surface area contributed by atoms with Crippen molar-refractivity contribution in [3.63, 3.8) is 0 Å². The Morgan fingerprint density at radius 2 is 1.49 bits per heavy atom. The molecule has 0 saturated carbocycles. The molecule has 0 radical (unpaired) electrons. The number of rotatable bonds is 10. The molecule has 0 aliphatic heterocycles. The lowest BCUT2D eigenvalue weighted by atomic mass is 9.99. The number of aromatic amines is 1. The standard InChI is InChI=1S/C28H21F3N2O6/c29-28(30,31)22-11-12-32-27(35)21(22)15-24(34)20-13-23(33(36)37)26(39-17-19-9-5-2-6-10-19)25(14-20)38-16-18-7-3-1-4-8-18/h1-14H,15-17H2,(H,32,35). The predicted octanol–water partition coefficient (Wildman–Crippen LogP) is 5.89. The van der Waals surface area contributed by atoms with E-state index in [2.05, 4.69) is 4.98 Å². The summed E-state index contributed by atoms with van der Waals surface area (Å²) in [5.74, 6) is -1.34. The van der Waals surface area contributed by atoms with Crippen molar-refractivity contribution < 1.29 is 32.4 Å². The number of Topliss-reactive ketones (excluding diaryl/α,β-unsaturated/α-hetero) is 1. The van der Waals surface area contributed by atoms with Crippen molar-refractivity contribution in [2.45, 2.75) is 25.8 Å². The van der Waals surface area contributed by atoms with Crippen LogP contribution in [0.25, 0.3) is 0 Å². The normalized spacial score (nSPS) is 11.2. The maximum absolute atomic E-state index is 13.5. The molecule has 0 amide bonds. The van der Waals surface area contributed by atoms with E-state index in [9.17, 15) is 32.9 Å². The van der Waals surface area contributed by atoms with Gasteiger partial charge in [-0.2, -0.15) is 13.2 Å². The van der Waals surface area contributed by atoms with Crippen LogP contribution in [0.2, 0.25) is 0 Å². The minimum Gasteiger partial charge on any atom is -0.485 e. The molecule has 11 heteroatoms. The Morgan fingerprint density at radius 1 is 0.897 bits per heavy atom. The van der Waals surface area contributed by atoms with E-state index in [0.29, 0.717) is 11.6 Å². The summed E-state index contributed by atoms with van der Waals surface area (Å²) in [5.41, 5.74) is -2.64. The van der Waals surface area contributed by atoms with E-state index in [4.69, 9.17) is 9.47 Å². The Hall–Kier alpha value is -4.93. The van der Waals surface area contributed by atoms with Crippen LogP contribution in [0, 0.1) is 10.1 Å². The zero-order valence-corrected chi connectivity index (χ0v) is 20.2. The third-order valence-electron chi connectivity index (χ3n) is 5.72. The van der Waals surface area contributed by atoms with Crippen molar-refractivity contribution in [3.8, 4) is 11.5 Å². The van der Waals surface area contributed by atoms with Gasteiger partial charge in [0.15, 0.2) is 11.5 Å². The predicted molar refractivity (Wildman–Crippen MR) is 135 cm³/mol. The molecule has 0 saturated heterocycles. The first-order valence-electron chi connectivity index (χ1n) is 11.6. The fraction of sp³-hybridized carbons (Fsp3) is 0.143. The van der Waals surface area contributed by atoms with E-state index in [1.807, 2.05) is 0 Å². The van der Waals surface area contributed by atoms with Crippen molar-refractivity contribution in [2.24, 2.45) is 0 Å². The molecular weight excluding hydrogens is 517 g/mol. The number of carbonyl (C=O) groups is 1. The number of carbonyl (C=O) groups excluding carboxylic acids is 1. The maximum atomic E-state index is 13.5. The van der Waals surface area contributed by atoms with E-state index >= 15 is 0 Å². The first kappa shape index (κ1) is 27.1. The molecule has 39 heavy (non-hydrogen) atoms. The number of hydrogen-bond acceptors (Lipinski definition) is 6. The zero-order chi connectivity index (χ0) is 28.0. The van der Waals surface area contributed by atoms with Crippen LogP contribution in [-0.2, 0) is 25.8 Å². The van der Waals surface area contributed by atoms with Crippen LogP contribution in [0.5, 0.6) is 11.5 Å². The smallest absolute Gasteiger partial charge is 0.416 e. The third kappa shape index (κ3) is 6.69. The van der Waals surface area contributed by atoms with Crippen LogP contribution < -0.4 is 15.0 Å². The number of aromatic nitrogens is 1. The summed E-state index contributed by atoms with van der Waals surface area (Å²) >= 11 is 0. The van der Waals surface area contributed by atoms with Crippen molar-refractivity contribution in [2.75, 3.05) is 0 Å². The molecule has 0 fully saturated rings. The van der Waals surface area contributed by atoms with Crippen LogP contribution in [0.15, 0.2) is 89.9 Å². The number of benzene rings is 3. The van der Waals surface area contributed by atoms with Crippen LogP contribution in [0.1, 0.15) is 32.6 Å². The van der Waals surface area contributed by atoms with Gasteiger partial charge < -0.3 is 14.5 Å². The molecule has 4 rings (SSSR count). The molecule has 0 spiro atoms. The van der Waals surface area contributed by atoms with Gasteiger partial charge in [-0.25, -0.2) is 0 Å². The Morgan fingerprint density at radius 3 is 2.05 bits per heavy atom. The van der Waals surface area contributed by atoms with Gasteiger partial charge in [-0.3, -0.25) is 19.7 Å². The Kier molecular flexibility index (Phi) is 8.09. The second-order valence-electron chi connectivity index (χ2n) is 8.43. The molecule has 0 aliphatic carbocycles. The lowest BCUT2D eigenvalue weighted by Crippen LogP contribution is -2.23. The van der Waals surface area contributed by atoms with Gasteiger partial charge in [0.25, 0.3) is 5.56 Å². The van der Waals surface area contributed by atoms with Crippen molar-refractivity contribution in [3.05, 3.63) is 133 Å². The number of H-pyrrole nitrogens is 1. The molecule has 1 N–H and O–H groups in total. The van der Waals surface area contributed by atoms with Crippen LogP contribution in [-0.4, -0.2) is 15.7 Å². The van der Waals surface area contributed by atoms with Crippen LogP contribution in [0.3, 0.4) is 0 Å². The minimum atomic E-state index is -4.88. The number of nitro benzene ring substituents is 1. The number of ketones is 1. The Balaban J connectivity index is 1.73. The highest BCUT2D eigenvalue weighted by Gasteiger charge is 2.35. The van der Waals surface area contributed by atoms with Gasteiger partial charge in [-0.05, 0) is 23.3 Å². The maximum Gasteiger partial charge on any atom is 0.416 e. The van der Waals surface area contributed by atoms with Gasteiger partial charge in [0.05, 0.1) is 10.5 Å². The van der Waals surface area contributed by atoms with E-state index in [0.717, 1.165) is 17.8 Å². The molecule has 3 aromatic carbocycles. The van der Waals surface area contributed by atoms with Crippen molar-refractivity contribution >= 4 is 11.5 Å².